The molecule has 1 aromatic rings. The van der Waals surface area contributed by atoms with Crippen LogP contribution in [-0.4, -0.2) is 37.8 Å². The number of rotatable bonds is 2. The van der Waals surface area contributed by atoms with Crippen LogP contribution in [0, 0.1) is 23.2 Å². The summed E-state index contributed by atoms with van der Waals surface area (Å²) in [4.78, 5) is 23.3. The van der Waals surface area contributed by atoms with Crippen LogP contribution < -0.4 is 0 Å². The summed E-state index contributed by atoms with van der Waals surface area (Å²) in [5.74, 6) is -2.49. The number of carbonyl (C=O) groups excluding carboxylic acids is 2. The van der Waals surface area contributed by atoms with Crippen molar-refractivity contribution in [2.75, 3.05) is 13.1 Å². The number of hydrogen-bond donors (Lipinski definition) is 0. The Morgan fingerprint density at radius 3 is 2.67 bits per heavy atom. The average molecular weight is 326 g/mol. The molecule has 0 amide bonds. The Bertz CT molecular complexity index is 761. The van der Waals surface area contributed by atoms with E-state index in [0.717, 1.165) is 11.3 Å². The van der Waals surface area contributed by atoms with Gasteiger partial charge in [-0.3, -0.25) is 9.59 Å². The molecule has 0 spiro atoms. The summed E-state index contributed by atoms with van der Waals surface area (Å²) < 4.78 is 30.8. The standard InChI is InChI=1S/C12H10N2O5S2/c13-5-7-1-2-10(20-7)21(17,18)14-4-3-8-9(6-14)12(16)19-11(8)15/h1-2,8-9H,3-4,6H2. The van der Waals surface area contributed by atoms with Crippen molar-refractivity contribution < 1.29 is 22.7 Å². The molecule has 0 bridgehead atoms. The minimum atomic E-state index is -3.75. The molecule has 0 aliphatic carbocycles. The lowest BCUT2D eigenvalue weighted by atomic mass is 9.89. The molecular formula is C12H10N2O5S2. The molecule has 1 aromatic heterocycles. The first-order chi connectivity index (χ1) is 9.93. The summed E-state index contributed by atoms with van der Waals surface area (Å²) in [5.41, 5.74) is 0. The van der Waals surface area contributed by atoms with Crippen molar-refractivity contribution in [1.29, 1.82) is 5.26 Å². The summed E-state index contributed by atoms with van der Waals surface area (Å²) in [6, 6.07) is 4.71. The lowest BCUT2D eigenvalue weighted by Gasteiger charge is -2.30. The topological polar surface area (TPSA) is 105 Å². The summed E-state index contributed by atoms with van der Waals surface area (Å²) in [7, 11) is -3.75. The monoisotopic (exact) mass is 326 g/mol. The molecule has 3 heterocycles. The predicted molar refractivity (Wildman–Crippen MR) is 70.5 cm³/mol. The number of nitriles is 1. The SMILES string of the molecule is N#Cc1ccc(S(=O)(=O)N2CCC3C(=O)OC(=O)C3C2)s1. The van der Waals surface area contributed by atoms with Crippen LogP contribution in [0.3, 0.4) is 0 Å². The number of ether oxygens (including phenoxy) is 1. The number of nitrogens with zero attached hydrogens (tertiary/aromatic N) is 2. The molecule has 0 aromatic carbocycles. The van der Waals surface area contributed by atoms with Crippen molar-refractivity contribution in [2.24, 2.45) is 11.8 Å². The summed E-state index contributed by atoms with van der Waals surface area (Å²) >= 11 is 0.886. The maximum atomic E-state index is 12.5. The maximum absolute atomic E-state index is 12.5. The van der Waals surface area contributed by atoms with Gasteiger partial charge in [-0.25, -0.2) is 8.42 Å². The highest BCUT2D eigenvalue weighted by Gasteiger charge is 2.49. The van der Waals surface area contributed by atoms with Crippen LogP contribution in [0.25, 0.3) is 0 Å². The predicted octanol–water partition coefficient (Wildman–Crippen LogP) is 0.330. The van der Waals surface area contributed by atoms with Crippen molar-refractivity contribution in [3.05, 3.63) is 17.0 Å². The number of fused-ring (bicyclic) bond motifs is 1. The van der Waals surface area contributed by atoms with Crippen molar-refractivity contribution >= 4 is 33.3 Å². The normalized spacial score (nSPS) is 26.2. The fourth-order valence-electron chi connectivity index (χ4n) is 2.56. The smallest absolute Gasteiger partial charge is 0.318 e. The highest BCUT2D eigenvalue weighted by molar-refractivity contribution is 7.91. The van der Waals surface area contributed by atoms with Gasteiger partial charge in [0.2, 0.25) is 0 Å². The van der Waals surface area contributed by atoms with E-state index in [9.17, 15) is 18.0 Å². The van der Waals surface area contributed by atoms with E-state index >= 15 is 0 Å². The fraction of sp³-hybridized carbons (Fsp3) is 0.417. The number of cyclic esters (lactones) is 2. The van der Waals surface area contributed by atoms with Crippen LogP contribution in [0.5, 0.6) is 0 Å². The minimum Gasteiger partial charge on any atom is -0.393 e. The summed E-state index contributed by atoms with van der Waals surface area (Å²) in [5, 5.41) is 8.77. The van der Waals surface area contributed by atoms with Gasteiger partial charge in [0.05, 0.1) is 11.8 Å². The van der Waals surface area contributed by atoms with Gasteiger partial charge in [0.1, 0.15) is 15.2 Å². The molecule has 2 fully saturated rings. The van der Waals surface area contributed by atoms with Crippen LogP contribution in [0.15, 0.2) is 16.3 Å². The second kappa shape index (κ2) is 4.91. The Kier molecular flexibility index (Phi) is 3.32. The van der Waals surface area contributed by atoms with Crippen LogP contribution >= 0.6 is 11.3 Å². The Morgan fingerprint density at radius 2 is 2.00 bits per heavy atom. The van der Waals surface area contributed by atoms with Crippen LogP contribution in [0.2, 0.25) is 0 Å². The third-order valence-corrected chi connectivity index (χ3v) is 6.99. The molecule has 110 valence electrons. The van der Waals surface area contributed by atoms with E-state index in [2.05, 4.69) is 4.74 Å². The molecule has 21 heavy (non-hydrogen) atoms. The number of hydrogen-bond acceptors (Lipinski definition) is 7. The van der Waals surface area contributed by atoms with Gasteiger partial charge in [0.25, 0.3) is 10.0 Å². The van der Waals surface area contributed by atoms with Gasteiger partial charge < -0.3 is 4.74 Å². The maximum Gasteiger partial charge on any atom is 0.318 e. The van der Waals surface area contributed by atoms with Gasteiger partial charge in [-0.15, -0.1) is 11.3 Å². The Labute approximate surface area is 124 Å². The number of carbonyl (C=O) groups is 2. The third-order valence-electron chi connectivity index (χ3n) is 3.67. The molecular weight excluding hydrogens is 316 g/mol. The van der Waals surface area contributed by atoms with Gasteiger partial charge in [-0.05, 0) is 18.6 Å². The zero-order chi connectivity index (χ0) is 15.2. The largest absolute Gasteiger partial charge is 0.393 e. The zero-order valence-corrected chi connectivity index (χ0v) is 12.3. The van der Waals surface area contributed by atoms with Crippen molar-refractivity contribution in [2.45, 2.75) is 10.6 Å². The van der Waals surface area contributed by atoms with Crippen LogP contribution in [0.1, 0.15) is 11.3 Å². The van der Waals surface area contributed by atoms with Gasteiger partial charge in [-0.2, -0.15) is 9.57 Å². The van der Waals surface area contributed by atoms with E-state index in [0.29, 0.717) is 4.88 Å². The molecule has 2 saturated heterocycles. The van der Waals surface area contributed by atoms with E-state index in [1.165, 1.54) is 16.4 Å². The van der Waals surface area contributed by atoms with E-state index < -0.39 is 33.8 Å². The molecule has 2 unspecified atom stereocenters. The third kappa shape index (κ3) is 2.25. The Hall–Kier alpha value is -1.76. The van der Waals surface area contributed by atoms with Crippen molar-refractivity contribution in [3.8, 4) is 6.07 Å². The number of esters is 2. The van der Waals surface area contributed by atoms with Crippen molar-refractivity contribution in [1.82, 2.24) is 4.31 Å². The zero-order valence-electron chi connectivity index (χ0n) is 10.7. The Morgan fingerprint density at radius 1 is 1.29 bits per heavy atom. The van der Waals surface area contributed by atoms with E-state index in [1.54, 1.807) is 0 Å². The molecule has 2 aliphatic heterocycles. The molecule has 0 saturated carbocycles. The fourth-order valence-corrected chi connectivity index (χ4v) is 5.30. The highest BCUT2D eigenvalue weighted by Crippen LogP contribution is 2.35. The molecule has 7 nitrogen and oxygen atoms in total. The molecule has 0 N–H and O–H groups in total. The second-order valence-corrected chi connectivity index (χ2v) is 8.08. The lowest BCUT2D eigenvalue weighted by Crippen LogP contribution is -2.44. The van der Waals surface area contributed by atoms with Gasteiger partial charge >= 0.3 is 11.9 Å². The molecule has 9 heteroatoms. The van der Waals surface area contributed by atoms with Crippen molar-refractivity contribution in [3.63, 3.8) is 0 Å². The van der Waals surface area contributed by atoms with E-state index in [4.69, 9.17) is 5.26 Å². The second-order valence-electron chi connectivity index (χ2n) is 4.84. The molecule has 3 rings (SSSR count). The van der Waals surface area contributed by atoms with Gasteiger partial charge in [-0.1, -0.05) is 0 Å². The van der Waals surface area contributed by atoms with Gasteiger partial charge in [0, 0.05) is 13.1 Å². The van der Waals surface area contributed by atoms with Crippen LogP contribution in [-0.2, 0) is 24.3 Å². The van der Waals surface area contributed by atoms with Gasteiger partial charge in [0.15, 0.2) is 0 Å². The first-order valence-corrected chi connectivity index (χ1v) is 8.45. The quantitative estimate of drug-likeness (QED) is 0.573. The summed E-state index contributed by atoms with van der Waals surface area (Å²) in [6.45, 7) is 0.100. The average Bonchev–Trinajstić information content (AvgIpc) is 3.05. The first kappa shape index (κ1) is 14.2. The Balaban J connectivity index is 1.86. The first-order valence-electron chi connectivity index (χ1n) is 6.19. The summed E-state index contributed by atoms with van der Waals surface area (Å²) in [6.07, 6.45) is 0.269. The number of thiophene rings is 1. The minimum absolute atomic E-state index is 0.0582. The lowest BCUT2D eigenvalue weighted by molar-refractivity contribution is -0.153. The van der Waals surface area contributed by atoms with E-state index in [-0.39, 0.29) is 23.7 Å². The molecule has 2 aliphatic rings. The number of sulfonamides is 1. The van der Waals surface area contributed by atoms with E-state index in [1.807, 2.05) is 6.07 Å². The molecule has 2 atom stereocenters. The molecule has 0 radical (unpaired) electrons. The van der Waals surface area contributed by atoms with Crippen LogP contribution in [0.4, 0.5) is 0 Å². The number of piperidine rings is 1. The highest BCUT2D eigenvalue weighted by atomic mass is 32.2.